The predicted octanol–water partition coefficient (Wildman–Crippen LogP) is 5.84. The maximum absolute atomic E-state index is 6.37. The summed E-state index contributed by atoms with van der Waals surface area (Å²) in [4.78, 5) is 6.31. The van der Waals surface area contributed by atoms with E-state index >= 15 is 0 Å². The fourth-order valence-corrected chi connectivity index (χ4v) is 3.17. The van der Waals surface area contributed by atoms with Gasteiger partial charge in [0.1, 0.15) is 5.69 Å². The second-order valence-corrected chi connectivity index (χ2v) is 6.36. The van der Waals surface area contributed by atoms with E-state index in [1.54, 1.807) is 12.3 Å². The number of nitrogens with zero attached hydrogens (tertiary/aromatic N) is 2. The van der Waals surface area contributed by atoms with Crippen LogP contribution in [0.5, 0.6) is 0 Å². The van der Waals surface area contributed by atoms with Gasteiger partial charge in [0.05, 0.1) is 26.5 Å². The highest BCUT2D eigenvalue weighted by Gasteiger charge is 2.25. The molecule has 23 heavy (non-hydrogen) atoms. The van der Waals surface area contributed by atoms with Crippen molar-refractivity contribution in [3.05, 3.63) is 87.3 Å². The summed E-state index contributed by atoms with van der Waals surface area (Å²) in [6.45, 7) is 4.02. The number of halogens is 3. The average Bonchev–Trinajstić information content (AvgIpc) is 2.54. The number of hydrogen-bond donors (Lipinski definition) is 0. The van der Waals surface area contributed by atoms with Crippen molar-refractivity contribution in [3.8, 4) is 0 Å². The zero-order valence-corrected chi connectivity index (χ0v) is 14.6. The molecule has 0 fully saturated rings. The zero-order valence-electron chi connectivity index (χ0n) is 12.4. The molecule has 0 saturated heterocycles. The highest BCUT2D eigenvalue weighted by Crippen LogP contribution is 2.40. The zero-order chi connectivity index (χ0) is 16.6. The summed E-state index contributed by atoms with van der Waals surface area (Å²) >= 11 is 18.7. The molecule has 0 atom stereocenters. The molecule has 2 heterocycles. The number of benzene rings is 1. The summed E-state index contributed by atoms with van der Waals surface area (Å²) in [5.41, 5.74) is 4.12. The molecule has 0 amide bonds. The number of aromatic nitrogens is 1. The Bertz CT molecular complexity index is 839. The van der Waals surface area contributed by atoms with Gasteiger partial charge in [-0.25, -0.2) is 0 Å². The van der Waals surface area contributed by atoms with E-state index in [4.69, 9.17) is 34.8 Å². The third-order valence-electron chi connectivity index (χ3n) is 3.66. The van der Waals surface area contributed by atoms with Crippen LogP contribution in [0.25, 0.3) is 11.3 Å². The normalized spacial score (nSPS) is 15.0. The minimum Gasteiger partial charge on any atom is -0.342 e. The van der Waals surface area contributed by atoms with Gasteiger partial charge in [-0.15, -0.1) is 0 Å². The van der Waals surface area contributed by atoms with Crippen molar-refractivity contribution in [1.29, 1.82) is 0 Å². The lowest BCUT2D eigenvalue weighted by atomic mass is 9.97. The fourth-order valence-electron chi connectivity index (χ4n) is 2.47. The fraction of sp³-hybridized carbons (Fsp3) is 0.0556. The Hall–Kier alpha value is -1.74. The minimum absolute atomic E-state index is 0.479. The standard InChI is InChI=1S/C18H13Cl3N2/c1-11-15(20)9-14(12-6-4-3-5-7-12)18(23(11)2)17-16(21)8-13(19)10-22-17/h3-10H,1H2,2H3. The molecule has 0 bridgehead atoms. The number of hydrogen-bond acceptors (Lipinski definition) is 2. The van der Waals surface area contributed by atoms with Crippen LogP contribution in [0.1, 0.15) is 11.3 Å². The summed E-state index contributed by atoms with van der Waals surface area (Å²) in [6.07, 6.45) is 3.47. The molecule has 5 heteroatoms. The Balaban J connectivity index is 2.30. The highest BCUT2D eigenvalue weighted by molar-refractivity contribution is 6.36. The minimum atomic E-state index is 0.479. The van der Waals surface area contributed by atoms with Crippen molar-refractivity contribution in [2.45, 2.75) is 0 Å². The first kappa shape index (κ1) is 16.1. The van der Waals surface area contributed by atoms with Crippen molar-refractivity contribution in [2.24, 2.45) is 0 Å². The summed E-state index contributed by atoms with van der Waals surface area (Å²) in [5.74, 6) is 0. The van der Waals surface area contributed by atoms with Gasteiger partial charge in [0.25, 0.3) is 0 Å². The van der Waals surface area contributed by atoms with Crippen LogP contribution >= 0.6 is 34.8 Å². The van der Waals surface area contributed by atoms with Crippen molar-refractivity contribution >= 4 is 46.1 Å². The van der Waals surface area contributed by atoms with Crippen molar-refractivity contribution in [3.63, 3.8) is 0 Å². The van der Waals surface area contributed by atoms with E-state index in [-0.39, 0.29) is 0 Å². The van der Waals surface area contributed by atoms with Gasteiger partial charge in [-0.05, 0) is 17.7 Å². The molecule has 0 radical (unpaired) electrons. The lowest BCUT2D eigenvalue weighted by molar-refractivity contribution is 0.611. The van der Waals surface area contributed by atoms with Crippen molar-refractivity contribution in [1.82, 2.24) is 9.88 Å². The molecule has 1 aromatic carbocycles. The molecular weight excluding hydrogens is 351 g/mol. The first-order chi connectivity index (χ1) is 11.0. The van der Waals surface area contributed by atoms with Crippen molar-refractivity contribution < 1.29 is 0 Å². The second-order valence-electron chi connectivity index (χ2n) is 5.11. The molecule has 1 aliphatic heterocycles. The number of rotatable bonds is 2. The lowest BCUT2D eigenvalue weighted by Gasteiger charge is -2.30. The average molecular weight is 364 g/mol. The molecule has 0 aliphatic carbocycles. The monoisotopic (exact) mass is 362 g/mol. The SMILES string of the molecule is C=C1C(Cl)=CC(c2ccccc2)=C(c2ncc(Cl)cc2Cl)N1C. The molecule has 1 aromatic heterocycles. The predicted molar refractivity (Wildman–Crippen MR) is 98.4 cm³/mol. The smallest absolute Gasteiger partial charge is 0.106 e. The van der Waals surface area contributed by atoms with Gasteiger partial charge in [0.2, 0.25) is 0 Å². The van der Waals surface area contributed by atoms with E-state index in [1.807, 2.05) is 48.4 Å². The number of likely N-dealkylation sites (N-methyl/N-ethyl adjacent to an activating group) is 1. The van der Waals surface area contributed by atoms with Gasteiger partial charge in [-0.1, -0.05) is 71.7 Å². The van der Waals surface area contributed by atoms with Crippen LogP contribution < -0.4 is 0 Å². The molecule has 0 unspecified atom stereocenters. The summed E-state index contributed by atoms with van der Waals surface area (Å²) in [7, 11) is 1.89. The maximum atomic E-state index is 6.37. The van der Waals surface area contributed by atoms with E-state index in [9.17, 15) is 0 Å². The van der Waals surface area contributed by atoms with Crippen LogP contribution in [0, 0.1) is 0 Å². The molecule has 2 nitrogen and oxygen atoms in total. The Labute approximate surface area is 150 Å². The Morgan fingerprint density at radius 2 is 1.78 bits per heavy atom. The van der Waals surface area contributed by atoms with Gasteiger partial charge < -0.3 is 4.90 Å². The summed E-state index contributed by atoms with van der Waals surface area (Å²) < 4.78 is 0. The maximum Gasteiger partial charge on any atom is 0.106 e. The third kappa shape index (κ3) is 3.02. The topological polar surface area (TPSA) is 16.1 Å². The molecule has 0 spiro atoms. The molecule has 1 aliphatic rings. The highest BCUT2D eigenvalue weighted by atomic mass is 35.5. The van der Waals surface area contributed by atoms with Gasteiger partial charge in [0, 0.05) is 18.8 Å². The van der Waals surface area contributed by atoms with Crippen LogP contribution in [0.15, 0.2) is 66.0 Å². The van der Waals surface area contributed by atoms with Crippen LogP contribution in [-0.2, 0) is 0 Å². The molecule has 0 N–H and O–H groups in total. The Morgan fingerprint density at radius 1 is 1.09 bits per heavy atom. The van der Waals surface area contributed by atoms with E-state index in [0.29, 0.717) is 26.5 Å². The lowest BCUT2D eigenvalue weighted by Crippen LogP contribution is -2.21. The number of allylic oxidation sites excluding steroid dienone is 3. The molecular formula is C18H13Cl3N2. The van der Waals surface area contributed by atoms with Crippen LogP contribution in [0.3, 0.4) is 0 Å². The quantitative estimate of drug-likeness (QED) is 0.666. The largest absolute Gasteiger partial charge is 0.342 e. The second kappa shape index (κ2) is 6.40. The van der Waals surface area contributed by atoms with E-state index in [1.165, 1.54) is 0 Å². The Morgan fingerprint density at radius 3 is 2.43 bits per heavy atom. The number of pyridine rings is 1. The van der Waals surface area contributed by atoms with Crippen LogP contribution in [-0.4, -0.2) is 16.9 Å². The molecule has 116 valence electrons. The van der Waals surface area contributed by atoms with Crippen LogP contribution in [0.4, 0.5) is 0 Å². The Kier molecular flexibility index (Phi) is 4.49. The van der Waals surface area contributed by atoms with Gasteiger partial charge >= 0.3 is 0 Å². The third-order valence-corrected chi connectivity index (χ3v) is 4.48. The first-order valence-electron chi connectivity index (χ1n) is 6.90. The summed E-state index contributed by atoms with van der Waals surface area (Å²) in [5, 5.41) is 1.55. The summed E-state index contributed by atoms with van der Waals surface area (Å²) in [6, 6.07) is 11.6. The molecule has 3 rings (SSSR count). The molecule has 0 saturated carbocycles. The van der Waals surface area contributed by atoms with Gasteiger partial charge in [0.15, 0.2) is 0 Å². The van der Waals surface area contributed by atoms with Gasteiger partial charge in [-0.3, -0.25) is 4.98 Å². The van der Waals surface area contributed by atoms with E-state index < -0.39 is 0 Å². The van der Waals surface area contributed by atoms with E-state index in [0.717, 1.165) is 16.8 Å². The van der Waals surface area contributed by atoms with Crippen molar-refractivity contribution in [2.75, 3.05) is 7.05 Å². The van der Waals surface area contributed by atoms with E-state index in [2.05, 4.69) is 11.6 Å². The van der Waals surface area contributed by atoms with Gasteiger partial charge in [-0.2, -0.15) is 0 Å². The van der Waals surface area contributed by atoms with Crippen LogP contribution in [0.2, 0.25) is 10.0 Å². The molecule has 2 aromatic rings. The first-order valence-corrected chi connectivity index (χ1v) is 8.03.